The summed E-state index contributed by atoms with van der Waals surface area (Å²) in [5.41, 5.74) is 2.88. The summed E-state index contributed by atoms with van der Waals surface area (Å²) in [4.78, 5) is 0. The van der Waals surface area contributed by atoms with E-state index in [4.69, 9.17) is 0 Å². The molecular weight excluding hydrogens is 232 g/mol. The lowest BCUT2D eigenvalue weighted by Crippen LogP contribution is -2.21. The van der Waals surface area contributed by atoms with E-state index in [9.17, 15) is 0 Å². The van der Waals surface area contributed by atoms with Crippen LogP contribution in [0.5, 0.6) is 0 Å². The number of nitrogens with one attached hydrogen (secondary N) is 2. The molecule has 1 aliphatic rings. The molecule has 0 bridgehead atoms. The van der Waals surface area contributed by atoms with E-state index >= 15 is 0 Å². The molecular formula is C17H28N2. The number of hydrogen-bond donors (Lipinski definition) is 2. The van der Waals surface area contributed by atoms with Gasteiger partial charge in [0.05, 0.1) is 0 Å². The highest BCUT2D eigenvalue weighted by Gasteiger charge is 2.12. The van der Waals surface area contributed by atoms with Gasteiger partial charge in [-0.2, -0.15) is 0 Å². The minimum atomic E-state index is 0.632. The standard InChI is InChI=1S/C17H28N2/c1-14(2)17-5-3-15(4-6-17)7-10-18-11-8-16-9-12-19-13-16/h3-6,14,16,18-19H,7-13H2,1-2H3. The second-order valence-electron chi connectivity index (χ2n) is 6.04. The van der Waals surface area contributed by atoms with Gasteiger partial charge in [0.15, 0.2) is 0 Å². The summed E-state index contributed by atoms with van der Waals surface area (Å²) in [6, 6.07) is 9.09. The Morgan fingerprint density at radius 3 is 2.63 bits per heavy atom. The summed E-state index contributed by atoms with van der Waals surface area (Å²) in [7, 11) is 0. The highest BCUT2D eigenvalue weighted by molar-refractivity contribution is 5.24. The first-order chi connectivity index (χ1) is 9.25. The van der Waals surface area contributed by atoms with E-state index in [1.807, 2.05) is 0 Å². The van der Waals surface area contributed by atoms with Gasteiger partial charge >= 0.3 is 0 Å². The van der Waals surface area contributed by atoms with Crippen LogP contribution < -0.4 is 10.6 Å². The summed E-state index contributed by atoms with van der Waals surface area (Å²) in [5, 5.41) is 7.00. The molecule has 1 atom stereocenters. The van der Waals surface area contributed by atoms with Crippen LogP contribution >= 0.6 is 0 Å². The Bertz CT molecular complexity index is 350. The predicted molar refractivity (Wildman–Crippen MR) is 82.7 cm³/mol. The Morgan fingerprint density at radius 1 is 1.21 bits per heavy atom. The summed E-state index contributed by atoms with van der Waals surface area (Å²) < 4.78 is 0. The van der Waals surface area contributed by atoms with E-state index in [1.165, 1.54) is 37.1 Å². The predicted octanol–water partition coefficient (Wildman–Crippen LogP) is 2.94. The Labute approximate surface area is 118 Å². The number of benzene rings is 1. The van der Waals surface area contributed by atoms with Gasteiger partial charge in [0.1, 0.15) is 0 Å². The molecule has 2 rings (SSSR count). The molecule has 1 aliphatic heterocycles. The zero-order valence-corrected chi connectivity index (χ0v) is 12.4. The van der Waals surface area contributed by atoms with Crippen molar-refractivity contribution in [3.8, 4) is 0 Å². The summed E-state index contributed by atoms with van der Waals surface area (Å²) in [6.07, 6.45) is 3.82. The molecule has 1 heterocycles. The van der Waals surface area contributed by atoms with Gasteiger partial charge < -0.3 is 10.6 Å². The molecule has 2 nitrogen and oxygen atoms in total. The first kappa shape index (κ1) is 14.5. The molecule has 19 heavy (non-hydrogen) atoms. The quantitative estimate of drug-likeness (QED) is 0.737. The second kappa shape index (κ2) is 7.66. The maximum Gasteiger partial charge on any atom is -0.000835 e. The van der Waals surface area contributed by atoms with Crippen molar-refractivity contribution in [2.24, 2.45) is 5.92 Å². The summed E-state index contributed by atoms with van der Waals surface area (Å²) >= 11 is 0. The minimum Gasteiger partial charge on any atom is -0.316 e. The van der Waals surface area contributed by atoms with Crippen LogP contribution in [0.4, 0.5) is 0 Å². The van der Waals surface area contributed by atoms with Gasteiger partial charge in [-0.25, -0.2) is 0 Å². The zero-order valence-electron chi connectivity index (χ0n) is 12.4. The van der Waals surface area contributed by atoms with Gasteiger partial charge in [0.2, 0.25) is 0 Å². The third-order valence-corrected chi connectivity index (χ3v) is 4.13. The van der Waals surface area contributed by atoms with Crippen molar-refractivity contribution in [1.82, 2.24) is 10.6 Å². The van der Waals surface area contributed by atoms with Gasteiger partial charge in [-0.05, 0) is 68.4 Å². The Balaban J connectivity index is 1.59. The highest BCUT2D eigenvalue weighted by atomic mass is 14.9. The molecule has 1 fully saturated rings. The number of rotatable bonds is 7. The number of hydrogen-bond acceptors (Lipinski definition) is 2. The molecule has 1 aromatic carbocycles. The van der Waals surface area contributed by atoms with Gasteiger partial charge in [-0.1, -0.05) is 38.1 Å². The van der Waals surface area contributed by atoms with Gasteiger partial charge in [-0.3, -0.25) is 0 Å². The van der Waals surface area contributed by atoms with E-state index in [0.717, 1.165) is 25.4 Å². The maximum absolute atomic E-state index is 3.57. The van der Waals surface area contributed by atoms with Crippen molar-refractivity contribution in [1.29, 1.82) is 0 Å². The van der Waals surface area contributed by atoms with E-state index < -0.39 is 0 Å². The summed E-state index contributed by atoms with van der Waals surface area (Å²) in [6.45, 7) is 9.19. The molecule has 1 unspecified atom stereocenters. The Kier molecular flexibility index (Phi) is 5.87. The molecule has 106 valence electrons. The Hall–Kier alpha value is -0.860. The SMILES string of the molecule is CC(C)c1ccc(CCNCCC2CCNC2)cc1. The fourth-order valence-electron chi connectivity index (χ4n) is 2.69. The molecule has 0 aliphatic carbocycles. The average Bonchev–Trinajstić information content (AvgIpc) is 2.92. The molecule has 0 aromatic heterocycles. The first-order valence-corrected chi connectivity index (χ1v) is 7.76. The van der Waals surface area contributed by atoms with E-state index in [0.29, 0.717) is 5.92 Å². The van der Waals surface area contributed by atoms with Crippen molar-refractivity contribution in [2.75, 3.05) is 26.2 Å². The zero-order chi connectivity index (χ0) is 13.5. The highest BCUT2D eigenvalue weighted by Crippen LogP contribution is 2.15. The van der Waals surface area contributed by atoms with Crippen LogP contribution in [0.15, 0.2) is 24.3 Å². The first-order valence-electron chi connectivity index (χ1n) is 7.76. The van der Waals surface area contributed by atoms with Crippen LogP contribution in [0.3, 0.4) is 0 Å². The smallest absolute Gasteiger partial charge is 0.000835 e. The molecule has 0 amide bonds. The van der Waals surface area contributed by atoms with Crippen LogP contribution in [0.2, 0.25) is 0 Å². The van der Waals surface area contributed by atoms with Crippen molar-refractivity contribution < 1.29 is 0 Å². The lowest BCUT2D eigenvalue weighted by molar-refractivity contribution is 0.501. The monoisotopic (exact) mass is 260 g/mol. The fraction of sp³-hybridized carbons (Fsp3) is 0.647. The van der Waals surface area contributed by atoms with E-state index in [2.05, 4.69) is 48.7 Å². The third kappa shape index (κ3) is 4.96. The molecule has 1 saturated heterocycles. The molecule has 0 saturated carbocycles. The fourth-order valence-corrected chi connectivity index (χ4v) is 2.69. The third-order valence-electron chi connectivity index (χ3n) is 4.13. The van der Waals surface area contributed by atoms with Crippen molar-refractivity contribution in [3.63, 3.8) is 0 Å². The van der Waals surface area contributed by atoms with Crippen LogP contribution in [0, 0.1) is 5.92 Å². The lowest BCUT2D eigenvalue weighted by Gasteiger charge is -2.10. The lowest BCUT2D eigenvalue weighted by atomic mass is 10.0. The molecule has 0 spiro atoms. The minimum absolute atomic E-state index is 0.632. The maximum atomic E-state index is 3.57. The van der Waals surface area contributed by atoms with Crippen LogP contribution in [0.1, 0.15) is 43.7 Å². The average molecular weight is 260 g/mol. The van der Waals surface area contributed by atoms with Gasteiger partial charge in [0, 0.05) is 0 Å². The molecule has 2 heteroatoms. The largest absolute Gasteiger partial charge is 0.316 e. The van der Waals surface area contributed by atoms with Crippen molar-refractivity contribution >= 4 is 0 Å². The molecule has 0 radical (unpaired) electrons. The normalized spacial score (nSPS) is 19.2. The summed E-state index contributed by atoms with van der Waals surface area (Å²) in [5.74, 6) is 1.53. The topological polar surface area (TPSA) is 24.1 Å². The van der Waals surface area contributed by atoms with Crippen molar-refractivity contribution in [2.45, 2.75) is 39.0 Å². The van der Waals surface area contributed by atoms with Gasteiger partial charge in [-0.15, -0.1) is 0 Å². The second-order valence-corrected chi connectivity index (χ2v) is 6.04. The Morgan fingerprint density at radius 2 is 2.00 bits per heavy atom. The molecule has 2 N–H and O–H groups in total. The van der Waals surface area contributed by atoms with Crippen LogP contribution in [-0.4, -0.2) is 26.2 Å². The van der Waals surface area contributed by atoms with Crippen molar-refractivity contribution in [3.05, 3.63) is 35.4 Å². The van der Waals surface area contributed by atoms with E-state index in [1.54, 1.807) is 0 Å². The van der Waals surface area contributed by atoms with Crippen LogP contribution in [-0.2, 0) is 6.42 Å². The molecule has 1 aromatic rings. The van der Waals surface area contributed by atoms with Gasteiger partial charge in [0.25, 0.3) is 0 Å². The van der Waals surface area contributed by atoms with Crippen LogP contribution in [0.25, 0.3) is 0 Å². The van der Waals surface area contributed by atoms with E-state index in [-0.39, 0.29) is 0 Å².